The van der Waals surface area contributed by atoms with Crippen LogP contribution in [-0.4, -0.2) is 25.5 Å². The molecule has 1 heterocycles. The van der Waals surface area contributed by atoms with Crippen LogP contribution < -0.4 is 5.32 Å². The Morgan fingerprint density at radius 2 is 1.94 bits per heavy atom. The Balaban J connectivity index is 1.80. The molecule has 0 unspecified atom stereocenters. The highest BCUT2D eigenvalue weighted by atomic mass is 32.1. The monoisotopic (exact) mass is 260 g/mol. The molecule has 0 aliphatic rings. The summed E-state index contributed by atoms with van der Waals surface area (Å²) in [6, 6.07) is 13.0. The predicted octanol–water partition coefficient (Wildman–Crippen LogP) is 3.46. The van der Waals surface area contributed by atoms with Gasteiger partial charge in [-0.2, -0.15) is 0 Å². The van der Waals surface area contributed by atoms with Crippen LogP contribution in [-0.2, 0) is 13.0 Å². The van der Waals surface area contributed by atoms with Crippen LogP contribution in [0, 0.1) is 0 Å². The molecule has 0 fully saturated rings. The molecule has 2 nitrogen and oxygen atoms in total. The SMILES string of the molecule is CNc1ccc(CN(C)CCc2cccs2)cc1. The van der Waals surface area contributed by atoms with Gasteiger partial charge in [-0.05, 0) is 42.6 Å². The number of benzene rings is 1. The van der Waals surface area contributed by atoms with E-state index in [0.717, 1.165) is 19.5 Å². The molecule has 0 spiro atoms. The van der Waals surface area contributed by atoms with Gasteiger partial charge in [-0.1, -0.05) is 18.2 Å². The van der Waals surface area contributed by atoms with Gasteiger partial charge >= 0.3 is 0 Å². The lowest BCUT2D eigenvalue weighted by Crippen LogP contribution is -2.20. The zero-order valence-electron chi connectivity index (χ0n) is 11.0. The lowest BCUT2D eigenvalue weighted by Gasteiger charge is -2.16. The topological polar surface area (TPSA) is 15.3 Å². The Kier molecular flexibility index (Phi) is 4.79. The van der Waals surface area contributed by atoms with Gasteiger partial charge < -0.3 is 10.2 Å². The number of anilines is 1. The normalized spacial score (nSPS) is 10.8. The van der Waals surface area contributed by atoms with Crippen molar-refractivity contribution in [3.8, 4) is 0 Å². The van der Waals surface area contributed by atoms with Crippen molar-refractivity contribution in [2.45, 2.75) is 13.0 Å². The number of nitrogens with one attached hydrogen (secondary N) is 1. The summed E-state index contributed by atoms with van der Waals surface area (Å²) in [5.41, 5.74) is 2.53. The highest BCUT2D eigenvalue weighted by Crippen LogP contribution is 2.12. The molecule has 0 saturated heterocycles. The summed E-state index contributed by atoms with van der Waals surface area (Å²) >= 11 is 1.84. The van der Waals surface area contributed by atoms with Crippen LogP contribution in [0.25, 0.3) is 0 Å². The number of rotatable bonds is 6. The van der Waals surface area contributed by atoms with E-state index in [1.807, 2.05) is 18.4 Å². The second kappa shape index (κ2) is 6.57. The molecular formula is C15H20N2S. The van der Waals surface area contributed by atoms with Crippen LogP contribution in [0.15, 0.2) is 41.8 Å². The maximum absolute atomic E-state index is 3.14. The molecule has 0 aliphatic carbocycles. The van der Waals surface area contributed by atoms with Crippen LogP contribution >= 0.6 is 11.3 Å². The van der Waals surface area contributed by atoms with E-state index < -0.39 is 0 Å². The Hall–Kier alpha value is -1.32. The van der Waals surface area contributed by atoms with Gasteiger partial charge in [0.05, 0.1) is 0 Å². The first-order chi connectivity index (χ1) is 8.78. The smallest absolute Gasteiger partial charge is 0.0337 e. The van der Waals surface area contributed by atoms with Gasteiger partial charge in [0, 0.05) is 30.7 Å². The van der Waals surface area contributed by atoms with Gasteiger partial charge in [0.25, 0.3) is 0 Å². The summed E-state index contributed by atoms with van der Waals surface area (Å²) in [5.74, 6) is 0. The van der Waals surface area contributed by atoms with Crippen molar-refractivity contribution in [1.29, 1.82) is 0 Å². The second-order valence-electron chi connectivity index (χ2n) is 4.51. The molecule has 0 radical (unpaired) electrons. The second-order valence-corrected chi connectivity index (χ2v) is 5.55. The molecule has 1 aromatic heterocycles. The van der Waals surface area contributed by atoms with E-state index in [1.165, 1.54) is 16.1 Å². The third-order valence-electron chi connectivity index (χ3n) is 3.02. The van der Waals surface area contributed by atoms with E-state index in [4.69, 9.17) is 0 Å². The third kappa shape index (κ3) is 3.86. The first-order valence-electron chi connectivity index (χ1n) is 6.25. The molecule has 2 aromatic rings. The van der Waals surface area contributed by atoms with Crippen LogP contribution in [0.3, 0.4) is 0 Å². The maximum atomic E-state index is 3.14. The Morgan fingerprint density at radius 3 is 2.56 bits per heavy atom. The molecule has 0 atom stereocenters. The minimum absolute atomic E-state index is 1.01. The molecule has 0 amide bonds. The fourth-order valence-corrected chi connectivity index (χ4v) is 2.62. The quantitative estimate of drug-likeness (QED) is 0.855. The number of thiophene rings is 1. The van der Waals surface area contributed by atoms with Gasteiger partial charge in [0.1, 0.15) is 0 Å². The van der Waals surface area contributed by atoms with Crippen LogP contribution in [0.2, 0.25) is 0 Å². The third-order valence-corrected chi connectivity index (χ3v) is 3.95. The lowest BCUT2D eigenvalue weighted by molar-refractivity contribution is 0.332. The van der Waals surface area contributed by atoms with Crippen molar-refractivity contribution in [2.24, 2.45) is 0 Å². The van der Waals surface area contributed by atoms with Crippen LogP contribution in [0.4, 0.5) is 5.69 Å². The van der Waals surface area contributed by atoms with Crippen molar-refractivity contribution in [2.75, 3.05) is 26.0 Å². The first-order valence-corrected chi connectivity index (χ1v) is 7.13. The molecule has 0 bridgehead atoms. The largest absolute Gasteiger partial charge is 0.388 e. The zero-order valence-corrected chi connectivity index (χ0v) is 11.8. The van der Waals surface area contributed by atoms with Crippen molar-refractivity contribution in [1.82, 2.24) is 4.90 Å². The van der Waals surface area contributed by atoms with Crippen molar-refractivity contribution < 1.29 is 0 Å². The number of hydrogen-bond donors (Lipinski definition) is 1. The Bertz CT molecular complexity index is 448. The van der Waals surface area contributed by atoms with E-state index in [1.54, 1.807) is 0 Å². The minimum Gasteiger partial charge on any atom is -0.388 e. The highest BCUT2D eigenvalue weighted by molar-refractivity contribution is 7.09. The van der Waals surface area contributed by atoms with Gasteiger partial charge in [-0.15, -0.1) is 11.3 Å². The van der Waals surface area contributed by atoms with Gasteiger partial charge in [-0.3, -0.25) is 0 Å². The molecule has 3 heteroatoms. The lowest BCUT2D eigenvalue weighted by atomic mass is 10.2. The highest BCUT2D eigenvalue weighted by Gasteiger charge is 2.01. The Labute approximate surface area is 113 Å². The Morgan fingerprint density at radius 1 is 1.17 bits per heavy atom. The summed E-state index contributed by atoms with van der Waals surface area (Å²) in [7, 11) is 4.13. The molecule has 1 aromatic carbocycles. The van der Waals surface area contributed by atoms with E-state index in [2.05, 4.69) is 59.0 Å². The number of likely N-dealkylation sites (N-methyl/N-ethyl adjacent to an activating group) is 1. The average molecular weight is 260 g/mol. The van der Waals surface area contributed by atoms with Crippen molar-refractivity contribution in [3.05, 3.63) is 52.2 Å². The standard InChI is InChI=1S/C15H20N2S/c1-16-14-7-5-13(6-8-14)12-17(2)10-9-15-4-3-11-18-15/h3-8,11,16H,9-10,12H2,1-2H3. The molecular weight excluding hydrogens is 240 g/mol. The van der Waals surface area contributed by atoms with Gasteiger partial charge in [0.2, 0.25) is 0 Å². The molecule has 0 aliphatic heterocycles. The van der Waals surface area contributed by atoms with Crippen molar-refractivity contribution in [3.63, 3.8) is 0 Å². The first kappa shape index (κ1) is 13.1. The molecule has 18 heavy (non-hydrogen) atoms. The molecule has 96 valence electrons. The van der Waals surface area contributed by atoms with Gasteiger partial charge in [-0.25, -0.2) is 0 Å². The summed E-state index contributed by atoms with van der Waals surface area (Å²) in [4.78, 5) is 3.83. The number of nitrogens with zero attached hydrogens (tertiary/aromatic N) is 1. The summed E-state index contributed by atoms with van der Waals surface area (Å²) in [6.07, 6.45) is 1.14. The fourth-order valence-electron chi connectivity index (χ4n) is 1.92. The fraction of sp³-hybridized carbons (Fsp3) is 0.333. The molecule has 0 saturated carbocycles. The van der Waals surface area contributed by atoms with E-state index >= 15 is 0 Å². The predicted molar refractivity (Wildman–Crippen MR) is 80.3 cm³/mol. The van der Waals surface area contributed by atoms with Crippen LogP contribution in [0.5, 0.6) is 0 Å². The van der Waals surface area contributed by atoms with Crippen LogP contribution in [0.1, 0.15) is 10.4 Å². The van der Waals surface area contributed by atoms with Gasteiger partial charge in [0.15, 0.2) is 0 Å². The van der Waals surface area contributed by atoms with E-state index in [9.17, 15) is 0 Å². The summed E-state index contributed by atoms with van der Waals surface area (Å²) < 4.78 is 0. The summed E-state index contributed by atoms with van der Waals surface area (Å²) in [5, 5.41) is 5.28. The minimum atomic E-state index is 1.01. The molecule has 2 rings (SSSR count). The van der Waals surface area contributed by atoms with E-state index in [0.29, 0.717) is 0 Å². The van der Waals surface area contributed by atoms with Crippen molar-refractivity contribution >= 4 is 17.0 Å². The maximum Gasteiger partial charge on any atom is 0.0337 e. The number of hydrogen-bond acceptors (Lipinski definition) is 3. The summed E-state index contributed by atoms with van der Waals surface area (Å²) in [6.45, 7) is 2.11. The zero-order chi connectivity index (χ0) is 12.8. The molecule has 1 N–H and O–H groups in total. The average Bonchev–Trinajstić information content (AvgIpc) is 2.90. The van der Waals surface area contributed by atoms with E-state index in [-0.39, 0.29) is 0 Å².